The molecule has 3 atom stereocenters. The first-order chi connectivity index (χ1) is 26.2. The van der Waals surface area contributed by atoms with Gasteiger partial charge in [-0.3, -0.25) is 14.7 Å². The van der Waals surface area contributed by atoms with Crippen molar-refractivity contribution in [1.82, 2.24) is 19.5 Å². The second-order valence-corrected chi connectivity index (χ2v) is 13.4. The zero-order chi connectivity index (χ0) is 38.2. The predicted octanol–water partition coefficient (Wildman–Crippen LogP) is 6.34. The summed E-state index contributed by atoms with van der Waals surface area (Å²) in [6, 6.07) is 21.7. The number of nitrogens with zero attached hydrogens (tertiary/aromatic N) is 5. The molecule has 2 amide bonds. The molecule has 6 rings (SSSR count). The van der Waals surface area contributed by atoms with Crippen molar-refractivity contribution in [1.29, 1.82) is 0 Å². The second-order valence-electron chi connectivity index (χ2n) is 12.4. The molecular weight excluding hydrogens is 717 g/mol. The van der Waals surface area contributed by atoms with Crippen molar-refractivity contribution >= 4 is 52.2 Å². The summed E-state index contributed by atoms with van der Waals surface area (Å²) in [7, 11) is 4.75. The molecule has 3 heterocycles. The summed E-state index contributed by atoms with van der Waals surface area (Å²) < 4.78 is 36.6. The highest BCUT2D eigenvalue weighted by molar-refractivity contribution is 7.98. The minimum Gasteiger partial charge on any atom is -0.496 e. The standard InChI is InChI=1S/C38H42N6O9S/c1-23(2)35(46)41-37-40-34-33(36(42-37)53-38(47)44(24-12-8-6-9-13-24)25-14-10-7-11-15-25)39-21-43(34)32-18-30(31(19-45)52-32)51-22-54-20-27-28(49-4)16-26(48-3)17-29(27)50-5/h6-17,21,23,30-32,45H,18-20,22H2,1-5H3,(H,40,41,42,46)/t30?,31-,32-/m1/s1. The maximum absolute atomic E-state index is 13.9. The lowest BCUT2D eigenvalue weighted by molar-refractivity contribution is -0.118. The van der Waals surface area contributed by atoms with Gasteiger partial charge in [0.05, 0.1) is 57.7 Å². The predicted molar refractivity (Wildman–Crippen MR) is 203 cm³/mol. The quantitative estimate of drug-likeness (QED) is 0.0897. The Labute approximate surface area is 316 Å². The van der Waals surface area contributed by atoms with Crippen LogP contribution in [0.15, 0.2) is 79.1 Å². The largest absolute Gasteiger partial charge is 0.496 e. The van der Waals surface area contributed by atoms with Crippen LogP contribution in [-0.2, 0) is 20.0 Å². The van der Waals surface area contributed by atoms with Crippen LogP contribution >= 0.6 is 11.8 Å². The number of ether oxygens (including phenoxy) is 6. The number of anilines is 3. The van der Waals surface area contributed by atoms with Crippen molar-refractivity contribution < 1.29 is 43.1 Å². The molecule has 1 unspecified atom stereocenters. The second kappa shape index (κ2) is 17.6. The van der Waals surface area contributed by atoms with Crippen LogP contribution in [0.25, 0.3) is 11.2 Å². The van der Waals surface area contributed by atoms with Gasteiger partial charge < -0.3 is 33.5 Å². The van der Waals surface area contributed by atoms with Gasteiger partial charge in [0.25, 0.3) is 5.88 Å². The molecular formula is C38H42N6O9S. The van der Waals surface area contributed by atoms with Crippen molar-refractivity contribution in [3.63, 3.8) is 0 Å². The molecule has 2 N–H and O–H groups in total. The maximum atomic E-state index is 13.9. The summed E-state index contributed by atoms with van der Waals surface area (Å²) in [5.74, 6) is 1.74. The smallest absolute Gasteiger partial charge is 0.425 e. The third-order valence-electron chi connectivity index (χ3n) is 8.64. The Morgan fingerprint density at radius 3 is 2.20 bits per heavy atom. The minimum absolute atomic E-state index is 0.0815. The van der Waals surface area contributed by atoms with E-state index in [1.807, 2.05) is 36.4 Å². The van der Waals surface area contributed by atoms with Crippen LogP contribution in [-0.4, -0.2) is 82.7 Å². The highest BCUT2D eigenvalue weighted by Gasteiger charge is 2.38. The lowest BCUT2D eigenvalue weighted by atomic mass is 10.2. The number of aromatic nitrogens is 4. The molecule has 5 aromatic rings. The van der Waals surface area contributed by atoms with E-state index < -0.39 is 24.5 Å². The van der Waals surface area contributed by atoms with Gasteiger partial charge in [-0.2, -0.15) is 9.97 Å². The topological polar surface area (TPSA) is 169 Å². The number of nitrogens with one attached hydrogen (secondary N) is 1. The molecule has 0 saturated carbocycles. The van der Waals surface area contributed by atoms with E-state index in [1.165, 1.54) is 23.0 Å². The number of fused-ring (bicyclic) bond motifs is 1. The summed E-state index contributed by atoms with van der Waals surface area (Å²) in [6.45, 7) is 3.18. The van der Waals surface area contributed by atoms with Crippen molar-refractivity contribution in [2.24, 2.45) is 5.92 Å². The van der Waals surface area contributed by atoms with Gasteiger partial charge in [-0.1, -0.05) is 50.2 Å². The maximum Gasteiger partial charge on any atom is 0.425 e. The number of para-hydroxylation sites is 2. The average Bonchev–Trinajstić information content (AvgIpc) is 3.81. The van der Waals surface area contributed by atoms with Crippen molar-refractivity contribution in [2.45, 2.75) is 44.5 Å². The molecule has 15 nitrogen and oxygen atoms in total. The van der Waals surface area contributed by atoms with Gasteiger partial charge in [0, 0.05) is 35.8 Å². The average molecular weight is 759 g/mol. The summed E-state index contributed by atoms with van der Waals surface area (Å²) in [6.07, 6.45) is -0.709. The summed E-state index contributed by atoms with van der Waals surface area (Å²) in [5, 5.41) is 13.0. The van der Waals surface area contributed by atoms with E-state index in [0.29, 0.717) is 40.8 Å². The third kappa shape index (κ3) is 8.52. The van der Waals surface area contributed by atoms with Crippen LogP contribution in [0, 0.1) is 5.92 Å². The first-order valence-electron chi connectivity index (χ1n) is 17.2. The van der Waals surface area contributed by atoms with E-state index >= 15 is 0 Å². The summed E-state index contributed by atoms with van der Waals surface area (Å²) >= 11 is 1.50. The van der Waals surface area contributed by atoms with Crippen LogP contribution in [0.4, 0.5) is 22.1 Å². The van der Waals surface area contributed by atoms with Crippen molar-refractivity contribution in [3.8, 4) is 23.1 Å². The highest BCUT2D eigenvalue weighted by Crippen LogP contribution is 2.38. The minimum atomic E-state index is -0.753. The molecule has 16 heteroatoms. The highest BCUT2D eigenvalue weighted by atomic mass is 32.2. The molecule has 0 spiro atoms. The SMILES string of the molecule is COc1cc(OC)c(CSCOC2C[C@H](n3cnc4c(OC(=O)N(c5ccccc5)c5ccccc5)nc(NC(=O)C(C)C)nc43)O[C@@H]2CO)c(OC)c1. The number of thioether (sulfide) groups is 1. The van der Waals surface area contributed by atoms with Crippen molar-refractivity contribution in [2.75, 3.05) is 44.1 Å². The molecule has 284 valence electrons. The molecule has 0 bridgehead atoms. The number of aliphatic hydroxyl groups is 1. The third-order valence-corrected chi connectivity index (χ3v) is 9.44. The molecule has 2 aromatic heterocycles. The van der Waals surface area contributed by atoms with Crippen LogP contribution < -0.4 is 29.2 Å². The molecule has 1 aliphatic rings. The Morgan fingerprint density at radius 2 is 1.63 bits per heavy atom. The van der Waals surface area contributed by atoms with Gasteiger partial charge in [-0.15, -0.1) is 11.8 Å². The Balaban J connectivity index is 1.23. The van der Waals surface area contributed by atoms with Gasteiger partial charge >= 0.3 is 6.09 Å². The Morgan fingerprint density at radius 1 is 0.981 bits per heavy atom. The molecule has 3 aromatic carbocycles. The molecule has 1 aliphatic heterocycles. The zero-order valence-corrected chi connectivity index (χ0v) is 31.3. The van der Waals surface area contributed by atoms with E-state index in [9.17, 15) is 14.7 Å². The molecule has 54 heavy (non-hydrogen) atoms. The monoisotopic (exact) mass is 758 g/mol. The van der Waals surface area contributed by atoms with E-state index in [0.717, 1.165) is 5.56 Å². The van der Waals surface area contributed by atoms with E-state index in [2.05, 4.69) is 20.3 Å². The number of imidazole rings is 1. The zero-order valence-electron chi connectivity index (χ0n) is 30.5. The van der Waals surface area contributed by atoms with Crippen molar-refractivity contribution in [3.05, 3.63) is 84.7 Å². The number of hydrogen-bond acceptors (Lipinski definition) is 13. The summed E-state index contributed by atoms with van der Waals surface area (Å²) in [5.41, 5.74) is 2.40. The van der Waals surface area contributed by atoms with Crippen LogP contribution in [0.5, 0.6) is 23.1 Å². The van der Waals surface area contributed by atoms with Gasteiger partial charge in [-0.25, -0.2) is 14.7 Å². The Kier molecular flexibility index (Phi) is 12.5. The summed E-state index contributed by atoms with van der Waals surface area (Å²) in [4.78, 5) is 41.6. The molecule has 1 fully saturated rings. The first-order valence-corrected chi connectivity index (χ1v) is 18.3. The van der Waals surface area contributed by atoms with Gasteiger partial charge in [0.15, 0.2) is 11.2 Å². The van der Waals surface area contributed by atoms with Crippen LogP contribution in [0.2, 0.25) is 0 Å². The number of aliphatic hydroxyl groups excluding tert-OH is 1. The number of methoxy groups -OCH3 is 3. The molecule has 0 radical (unpaired) electrons. The van der Waals surface area contributed by atoms with Crippen LogP contribution in [0.1, 0.15) is 32.1 Å². The number of hydrogen-bond donors (Lipinski definition) is 2. The number of rotatable bonds is 15. The molecule has 1 saturated heterocycles. The fourth-order valence-electron chi connectivity index (χ4n) is 5.84. The van der Waals surface area contributed by atoms with Gasteiger partial charge in [0.2, 0.25) is 11.9 Å². The van der Waals surface area contributed by atoms with E-state index in [4.69, 9.17) is 28.4 Å². The lowest BCUT2D eigenvalue weighted by Crippen LogP contribution is -2.29. The normalized spacial score (nSPS) is 16.7. The molecule has 0 aliphatic carbocycles. The fraction of sp³-hybridized carbons (Fsp3) is 0.342. The number of amides is 2. The number of benzene rings is 3. The Hall–Kier alpha value is -5.42. The number of carbonyl (C=O) groups is 2. The number of carbonyl (C=O) groups excluding carboxylic acids is 2. The van der Waals surface area contributed by atoms with Gasteiger partial charge in [-0.05, 0) is 24.3 Å². The fourth-order valence-corrected chi connectivity index (χ4v) is 6.68. The van der Waals surface area contributed by atoms with E-state index in [1.54, 1.807) is 76.1 Å². The first kappa shape index (κ1) is 38.3. The Bertz CT molecular complexity index is 1990. The van der Waals surface area contributed by atoms with Crippen LogP contribution in [0.3, 0.4) is 0 Å². The lowest BCUT2D eigenvalue weighted by Gasteiger charge is -2.22. The van der Waals surface area contributed by atoms with E-state index in [-0.39, 0.29) is 47.4 Å². The van der Waals surface area contributed by atoms with Gasteiger partial charge in [0.1, 0.15) is 29.6 Å².